The van der Waals surface area contributed by atoms with Crippen LogP contribution in [0.15, 0.2) is 30.3 Å². The van der Waals surface area contributed by atoms with E-state index in [1.807, 2.05) is 37.4 Å². The first-order valence-electron chi connectivity index (χ1n) is 6.58. The molecule has 1 aliphatic rings. The summed E-state index contributed by atoms with van der Waals surface area (Å²) in [6.07, 6.45) is 2.72. The standard InChI is InChI=1S/C15H21NO2/c1-11(12-8-9-12)16(2)14(10-15(17)18)13-6-4-3-5-7-13/h3-7,11-12,14H,8-10H2,1-2H3,(H,17,18). The number of carboxylic acids is 1. The van der Waals surface area contributed by atoms with Crippen molar-refractivity contribution in [2.45, 2.75) is 38.3 Å². The van der Waals surface area contributed by atoms with Crippen LogP contribution in [0.25, 0.3) is 0 Å². The predicted molar refractivity (Wildman–Crippen MR) is 71.4 cm³/mol. The Hall–Kier alpha value is -1.35. The summed E-state index contributed by atoms with van der Waals surface area (Å²) in [7, 11) is 2.05. The molecule has 3 nitrogen and oxygen atoms in total. The third-order valence-corrected chi connectivity index (χ3v) is 3.99. The maximum atomic E-state index is 11.1. The van der Waals surface area contributed by atoms with Gasteiger partial charge in [0.15, 0.2) is 0 Å². The van der Waals surface area contributed by atoms with Crippen molar-refractivity contribution < 1.29 is 9.90 Å². The van der Waals surface area contributed by atoms with Gasteiger partial charge in [-0.2, -0.15) is 0 Å². The SMILES string of the molecule is CC(C1CC1)N(C)C(CC(=O)O)c1ccccc1. The van der Waals surface area contributed by atoms with Crippen molar-refractivity contribution in [3.8, 4) is 0 Å². The molecule has 0 amide bonds. The van der Waals surface area contributed by atoms with Crippen LogP contribution in [0, 0.1) is 5.92 Å². The van der Waals surface area contributed by atoms with Gasteiger partial charge in [-0.3, -0.25) is 9.69 Å². The first kappa shape index (κ1) is 13.1. The van der Waals surface area contributed by atoms with E-state index >= 15 is 0 Å². The number of rotatable bonds is 6. The average molecular weight is 247 g/mol. The number of carboxylic acid groups (broad SMARTS) is 1. The van der Waals surface area contributed by atoms with Gasteiger partial charge in [-0.05, 0) is 38.3 Å². The number of benzene rings is 1. The zero-order valence-corrected chi connectivity index (χ0v) is 11.0. The topological polar surface area (TPSA) is 40.5 Å². The van der Waals surface area contributed by atoms with Gasteiger partial charge in [-0.25, -0.2) is 0 Å². The normalized spacial score (nSPS) is 18.6. The molecule has 0 aliphatic heterocycles. The highest BCUT2D eigenvalue weighted by molar-refractivity contribution is 5.68. The van der Waals surface area contributed by atoms with Crippen LogP contribution >= 0.6 is 0 Å². The monoisotopic (exact) mass is 247 g/mol. The second-order valence-corrected chi connectivity index (χ2v) is 5.27. The smallest absolute Gasteiger partial charge is 0.305 e. The van der Waals surface area contributed by atoms with E-state index in [0.717, 1.165) is 11.5 Å². The lowest BCUT2D eigenvalue weighted by Gasteiger charge is -2.33. The largest absolute Gasteiger partial charge is 0.481 e. The van der Waals surface area contributed by atoms with Crippen molar-refractivity contribution in [2.24, 2.45) is 5.92 Å². The molecule has 1 aromatic rings. The maximum Gasteiger partial charge on any atom is 0.305 e. The molecule has 1 aromatic carbocycles. The number of hydrogen-bond acceptors (Lipinski definition) is 2. The van der Waals surface area contributed by atoms with Crippen molar-refractivity contribution in [2.75, 3.05) is 7.05 Å². The molecular formula is C15H21NO2. The number of carbonyl (C=O) groups is 1. The molecule has 1 saturated carbocycles. The molecular weight excluding hydrogens is 226 g/mol. The Morgan fingerprint density at radius 3 is 2.50 bits per heavy atom. The Labute approximate surface area is 108 Å². The van der Waals surface area contributed by atoms with E-state index in [4.69, 9.17) is 5.11 Å². The van der Waals surface area contributed by atoms with Gasteiger partial charge in [0.05, 0.1) is 6.42 Å². The lowest BCUT2D eigenvalue weighted by molar-refractivity contribution is -0.138. The minimum atomic E-state index is -0.737. The first-order valence-corrected chi connectivity index (χ1v) is 6.58. The van der Waals surface area contributed by atoms with Gasteiger partial charge in [0, 0.05) is 12.1 Å². The van der Waals surface area contributed by atoms with Crippen LogP contribution in [0.5, 0.6) is 0 Å². The third-order valence-electron chi connectivity index (χ3n) is 3.99. The van der Waals surface area contributed by atoms with Gasteiger partial charge in [0.25, 0.3) is 0 Å². The molecule has 1 fully saturated rings. The summed E-state index contributed by atoms with van der Waals surface area (Å²) in [4.78, 5) is 13.3. The van der Waals surface area contributed by atoms with E-state index < -0.39 is 5.97 Å². The highest BCUT2D eigenvalue weighted by Gasteiger charge is 2.34. The summed E-state index contributed by atoms with van der Waals surface area (Å²) in [5, 5.41) is 9.10. The van der Waals surface area contributed by atoms with Crippen molar-refractivity contribution in [3.63, 3.8) is 0 Å². The molecule has 0 bridgehead atoms. The highest BCUT2D eigenvalue weighted by atomic mass is 16.4. The molecule has 2 unspecified atom stereocenters. The van der Waals surface area contributed by atoms with Crippen LogP contribution in [-0.4, -0.2) is 29.1 Å². The zero-order chi connectivity index (χ0) is 13.1. The number of nitrogens with zero attached hydrogens (tertiary/aromatic N) is 1. The van der Waals surface area contributed by atoms with Gasteiger partial charge < -0.3 is 5.11 Å². The van der Waals surface area contributed by atoms with E-state index in [1.165, 1.54) is 12.8 Å². The fourth-order valence-corrected chi connectivity index (χ4v) is 2.53. The van der Waals surface area contributed by atoms with Crippen molar-refractivity contribution in [1.82, 2.24) is 4.90 Å². The van der Waals surface area contributed by atoms with Crippen molar-refractivity contribution >= 4 is 5.97 Å². The fourth-order valence-electron chi connectivity index (χ4n) is 2.53. The van der Waals surface area contributed by atoms with E-state index in [2.05, 4.69) is 11.8 Å². The van der Waals surface area contributed by atoms with Crippen LogP contribution in [-0.2, 0) is 4.79 Å². The van der Waals surface area contributed by atoms with E-state index in [0.29, 0.717) is 6.04 Å². The maximum absolute atomic E-state index is 11.1. The molecule has 0 radical (unpaired) electrons. The van der Waals surface area contributed by atoms with Gasteiger partial charge in [-0.15, -0.1) is 0 Å². The van der Waals surface area contributed by atoms with Crippen LogP contribution in [0.2, 0.25) is 0 Å². The molecule has 0 saturated heterocycles. The van der Waals surface area contributed by atoms with Crippen LogP contribution in [0.3, 0.4) is 0 Å². The average Bonchev–Trinajstić information content (AvgIpc) is 3.19. The van der Waals surface area contributed by atoms with Crippen molar-refractivity contribution in [1.29, 1.82) is 0 Å². The van der Waals surface area contributed by atoms with Gasteiger partial charge in [0.1, 0.15) is 0 Å². The minimum absolute atomic E-state index is 0.0284. The third kappa shape index (κ3) is 3.10. The summed E-state index contributed by atoms with van der Waals surface area (Å²) in [6, 6.07) is 10.4. The van der Waals surface area contributed by atoms with Crippen LogP contribution < -0.4 is 0 Å². The van der Waals surface area contributed by atoms with E-state index in [9.17, 15) is 4.79 Å². The lowest BCUT2D eigenvalue weighted by Crippen LogP contribution is -2.35. The fraction of sp³-hybridized carbons (Fsp3) is 0.533. The Balaban J connectivity index is 2.16. The molecule has 0 heterocycles. The summed E-state index contributed by atoms with van der Waals surface area (Å²) in [5.74, 6) is 0.00806. The molecule has 98 valence electrons. The highest BCUT2D eigenvalue weighted by Crippen LogP contribution is 2.38. The summed E-state index contributed by atoms with van der Waals surface area (Å²) < 4.78 is 0. The van der Waals surface area contributed by atoms with Crippen molar-refractivity contribution in [3.05, 3.63) is 35.9 Å². The predicted octanol–water partition coefficient (Wildman–Crippen LogP) is 2.93. The Bertz CT molecular complexity index is 400. The van der Waals surface area contributed by atoms with Crippen LogP contribution in [0.4, 0.5) is 0 Å². The van der Waals surface area contributed by atoms with Crippen LogP contribution in [0.1, 0.15) is 37.8 Å². The quantitative estimate of drug-likeness (QED) is 0.840. The zero-order valence-electron chi connectivity index (χ0n) is 11.0. The second kappa shape index (κ2) is 5.53. The van der Waals surface area contributed by atoms with E-state index in [1.54, 1.807) is 0 Å². The first-order chi connectivity index (χ1) is 8.59. The molecule has 3 heteroatoms. The Morgan fingerprint density at radius 2 is 2.00 bits per heavy atom. The molecule has 1 aliphatic carbocycles. The molecule has 1 N–H and O–H groups in total. The summed E-state index contributed by atoms with van der Waals surface area (Å²) >= 11 is 0. The number of hydrogen-bond donors (Lipinski definition) is 1. The molecule has 2 atom stereocenters. The van der Waals surface area contributed by atoms with Gasteiger partial charge in [0.2, 0.25) is 0 Å². The second-order valence-electron chi connectivity index (χ2n) is 5.27. The number of aliphatic carboxylic acids is 1. The van der Waals surface area contributed by atoms with Gasteiger partial charge in [-0.1, -0.05) is 30.3 Å². The summed E-state index contributed by atoms with van der Waals surface area (Å²) in [5.41, 5.74) is 1.09. The molecule has 18 heavy (non-hydrogen) atoms. The lowest BCUT2D eigenvalue weighted by atomic mass is 10.00. The molecule has 2 rings (SSSR count). The Kier molecular flexibility index (Phi) is 4.02. The summed E-state index contributed by atoms with van der Waals surface area (Å²) in [6.45, 7) is 2.20. The molecule has 0 spiro atoms. The van der Waals surface area contributed by atoms with Gasteiger partial charge >= 0.3 is 5.97 Å². The Morgan fingerprint density at radius 1 is 1.39 bits per heavy atom. The minimum Gasteiger partial charge on any atom is -0.481 e. The molecule has 0 aromatic heterocycles. The van der Waals surface area contributed by atoms with E-state index in [-0.39, 0.29) is 12.5 Å².